The van der Waals surface area contributed by atoms with Crippen molar-refractivity contribution in [3.05, 3.63) is 52.9 Å². The molecule has 33 heavy (non-hydrogen) atoms. The van der Waals surface area contributed by atoms with Crippen molar-refractivity contribution >= 4 is 60.9 Å². The molecule has 4 aromatic rings. The molecular formula is C24H25BrN6O2. The van der Waals surface area contributed by atoms with Gasteiger partial charge in [-0.15, -0.1) is 0 Å². The van der Waals surface area contributed by atoms with Crippen LogP contribution in [0.15, 0.2) is 47.2 Å². The van der Waals surface area contributed by atoms with Gasteiger partial charge < -0.3 is 19.9 Å². The van der Waals surface area contributed by atoms with Crippen molar-refractivity contribution in [3.8, 4) is 0 Å². The second-order valence-corrected chi connectivity index (χ2v) is 9.98. The maximum atomic E-state index is 12.4. The molecule has 9 heteroatoms. The number of ether oxygens (including phenoxy) is 1. The van der Waals surface area contributed by atoms with Crippen molar-refractivity contribution in [3.63, 3.8) is 0 Å². The summed E-state index contributed by atoms with van der Waals surface area (Å²) in [5, 5.41) is 12.6. The number of carbonyl (C=O) groups excluding carboxylic acids is 1. The van der Waals surface area contributed by atoms with Gasteiger partial charge in [0.05, 0.1) is 21.9 Å². The van der Waals surface area contributed by atoms with Gasteiger partial charge in [0.2, 0.25) is 0 Å². The standard InChI is InChI=1S/C24H25BrN6O2/c1-24(2,3)33-23(32)31-8-6-14(7-9-31)20-11-17-21(18(25)13-26-22(17)29-20)28-16-4-5-19-15(10-16)12-27-30-19/h4-6,10-13H,7-9H2,1-3H3,(H,27,30)(H2,26,28,29). The Morgan fingerprint density at radius 1 is 1.24 bits per heavy atom. The van der Waals surface area contributed by atoms with Gasteiger partial charge in [0.15, 0.2) is 0 Å². The number of amides is 1. The van der Waals surface area contributed by atoms with Gasteiger partial charge in [-0.1, -0.05) is 6.08 Å². The van der Waals surface area contributed by atoms with E-state index in [1.54, 1.807) is 11.1 Å². The number of nitrogens with zero attached hydrogens (tertiary/aromatic N) is 3. The van der Waals surface area contributed by atoms with Gasteiger partial charge in [-0.2, -0.15) is 5.10 Å². The summed E-state index contributed by atoms with van der Waals surface area (Å²) in [6.45, 7) is 6.77. The van der Waals surface area contributed by atoms with Crippen molar-refractivity contribution in [2.45, 2.75) is 32.8 Å². The summed E-state index contributed by atoms with van der Waals surface area (Å²) in [5.41, 5.74) is 5.37. The zero-order chi connectivity index (χ0) is 23.2. The number of H-pyrrole nitrogens is 2. The lowest BCUT2D eigenvalue weighted by atomic mass is 10.0. The molecule has 1 aliphatic rings. The van der Waals surface area contributed by atoms with Crippen LogP contribution in [0.4, 0.5) is 16.2 Å². The molecule has 0 atom stereocenters. The van der Waals surface area contributed by atoms with Crippen LogP contribution < -0.4 is 5.32 Å². The van der Waals surface area contributed by atoms with E-state index in [1.165, 1.54) is 0 Å². The molecule has 1 aromatic carbocycles. The lowest BCUT2D eigenvalue weighted by molar-refractivity contribution is 0.0270. The van der Waals surface area contributed by atoms with Crippen molar-refractivity contribution < 1.29 is 9.53 Å². The monoisotopic (exact) mass is 508 g/mol. The highest BCUT2D eigenvalue weighted by Crippen LogP contribution is 2.35. The quantitative estimate of drug-likeness (QED) is 0.316. The second-order valence-electron chi connectivity index (χ2n) is 9.13. The highest BCUT2D eigenvalue weighted by molar-refractivity contribution is 9.10. The van der Waals surface area contributed by atoms with Crippen LogP contribution in [0.3, 0.4) is 0 Å². The maximum absolute atomic E-state index is 12.4. The van der Waals surface area contributed by atoms with Crippen LogP contribution in [-0.2, 0) is 4.74 Å². The fourth-order valence-electron chi connectivity index (χ4n) is 3.92. The third kappa shape index (κ3) is 4.45. The van der Waals surface area contributed by atoms with E-state index in [0.717, 1.165) is 55.5 Å². The van der Waals surface area contributed by atoms with E-state index in [1.807, 2.05) is 39.1 Å². The molecule has 4 heterocycles. The number of hydrogen-bond acceptors (Lipinski definition) is 5. The van der Waals surface area contributed by atoms with Crippen LogP contribution in [0.1, 0.15) is 32.9 Å². The Morgan fingerprint density at radius 2 is 2.09 bits per heavy atom. The summed E-state index contributed by atoms with van der Waals surface area (Å²) in [6.07, 6.45) is 6.14. The van der Waals surface area contributed by atoms with Crippen molar-refractivity contribution in [2.24, 2.45) is 0 Å². The molecule has 1 amide bonds. The molecule has 1 aliphatic heterocycles. The number of aromatic amines is 2. The fourth-order valence-corrected chi connectivity index (χ4v) is 4.34. The van der Waals surface area contributed by atoms with Gasteiger partial charge in [0.1, 0.15) is 11.2 Å². The molecule has 8 nitrogen and oxygen atoms in total. The Bertz CT molecular complexity index is 1380. The summed E-state index contributed by atoms with van der Waals surface area (Å²) in [6, 6.07) is 8.19. The van der Waals surface area contributed by atoms with Gasteiger partial charge >= 0.3 is 6.09 Å². The molecule has 170 valence electrons. The highest BCUT2D eigenvalue weighted by atomic mass is 79.9. The van der Waals surface area contributed by atoms with Gasteiger partial charge in [-0.05, 0) is 73.0 Å². The van der Waals surface area contributed by atoms with Crippen LogP contribution in [0.5, 0.6) is 0 Å². The number of carbonyl (C=O) groups is 1. The topological polar surface area (TPSA) is 98.9 Å². The first kappa shape index (κ1) is 21.5. The minimum absolute atomic E-state index is 0.277. The van der Waals surface area contributed by atoms with Crippen LogP contribution in [-0.4, -0.2) is 49.8 Å². The summed E-state index contributed by atoms with van der Waals surface area (Å²) < 4.78 is 6.37. The minimum Gasteiger partial charge on any atom is -0.444 e. The maximum Gasteiger partial charge on any atom is 0.410 e. The summed E-state index contributed by atoms with van der Waals surface area (Å²) in [4.78, 5) is 22.1. The average Bonchev–Trinajstić information content (AvgIpc) is 3.41. The normalized spacial score (nSPS) is 14.5. The molecule has 0 spiro atoms. The third-order valence-corrected chi connectivity index (χ3v) is 6.13. The number of nitrogens with one attached hydrogen (secondary N) is 3. The van der Waals surface area contributed by atoms with E-state index in [0.29, 0.717) is 13.1 Å². The molecule has 0 aliphatic carbocycles. The molecule has 0 saturated carbocycles. The zero-order valence-corrected chi connectivity index (χ0v) is 20.3. The van der Waals surface area contributed by atoms with Crippen molar-refractivity contribution in [2.75, 3.05) is 18.4 Å². The zero-order valence-electron chi connectivity index (χ0n) is 18.7. The lowest BCUT2D eigenvalue weighted by Crippen LogP contribution is -2.39. The third-order valence-electron chi connectivity index (χ3n) is 5.53. The van der Waals surface area contributed by atoms with Crippen LogP contribution in [0.2, 0.25) is 0 Å². The van der Waals surface area contributed by atoms with Crippen molar-refractivity contribution in [1.29, 1.82) is 0 Å². The first-order valence-corrected chi connectivity index (χ1v) is 11.6. The number of hydrogen-bond donors (Lipinski definition) is 3. The Balaban J connectivity index is 1.40. The predicted octanol–water partition coefficient (Wildman–Crippen LogP) is 5.97. The molecule has 5 rings (SSSR count). The molecule has 3 N–H and O–H groups in total. The van der Waals surface area contributed by atoms with E-state index in [9.17, 15) is 4.79 Å². The SMILES string of the molecule is CC(C)(C)OC(=O)N1CC=C(c2cc3c(Nc4ccc5[nH]ncc5c4)c(Br)cnc3[nH]2)CC1. The largest absolute Gasteiger partial charge is 0.444 e. The molecule has 3 aromatic heterocycles. The van der Waals surface area contributed by atoms with Gasteiger partial charge in [0, 0.05) is 41.4 Å². The number of halogens is 1. The Morgan fingerprint density at radius 3 is 2.85 bits per heavy atom. The Kier molecular flexibility index (Phi) is 5.36. The molecule has 0 bridgehead atoms. The highest BCUT2D eigenvalue weighted by Gasteiger charge is 2.24. The van der Waals surface area contributed by atoms with Gasteiger partial charge in [-0.3, -0.25) is 5.10 Å². The minimum atomic E-state index is -0.497. The van der Waals surface area contributed by atoms with Crippen LogP contribution in [0.25, 0.3) is 27.5 Å². The average molecular weight is 509 g/mol. The van der Waals surface area contributed by atoms with E-state index in [-0.39, 0.29) is 6.09 Å². The fraction of sp³-hybridized carbons (Fsp3) is 0.292. The van der Waals surface area contributed by atoms with Crippen LogP contribution >= 0.6 is 15.9 Å². The number of aromatic nitrogens is 4. The molecule has 0 radical (unpaired) electrons. The smallest absolute Gasteiger partial charge is 0.410 e. The number of pyridine rings is 1. The first-order valence-electron chi connectivity index (χ1n) is 10.8. The van der Waals surface area contributed by atoms with E-state index >= 15 is 0 Å². The number of fused-ring (bicyclic) bond motifs is 2. The van der Waals surface area contributed by atoms with E-state index in [4.69, 9.17) is 4.74 Å². The van der Waals surface area contributed by atoms with Crippen LogP contribution in [0, 0.1) is 0 Å². The molecule has 0 fully saturated rings. The molecule has 0 saturated heterocycles. The van der Waals surface area contributed by atoms with Gasteiger partial charge in [-0.25, -0.2) is 9.78 Å². The number of anilines is 2. The van der Waals surface area contributed by atoms with Crippen molar-refractivity contribution in [1.82, 2.24) is 25.1 Å². The number of rotatable bonds is 3. The predicted molar refractivity (Wildman–Crippen MR) is 134 cm³/mol. The molecule has 0 unspecified atom stereocenters. The lowest BCUT2D eigenvalue weighted by Gasteiger charge is -2.29. The van der Waals surface area contributed by atoms with E-state index < -0.39 is 5.60 Å². The first-order chi connectivity index (χ1) is 15.8. The Labute approximate surface area is 199 Å². The molecular weight excluding hydrogens is 484 g/mol. The summed E-state index contributed by atoms with van der Waals surface area (Å²) >= 11 is 3.64. The summed E-state index contributed by atoms with van der Waals surface area (Å²) in [5.74, 6) is 0. The number of benzene rings is 1. The Hall–Kier alpha value is -3.33. The van der Waals surface area contributed by atoms with E-state index in [2.05, 4.69) is 59.6 Å². The van der Waals surface area contributed by atoms with Gasteiger partial charge in [0.25, 0.3) is 0 Å². The summed E-state index contributed by atoms with van der Waals surface area (Å²) in [7, 11) is 0. The second kappa shape index (κ2) is 8.22.